The summed E-state index contributed by atoms with van der Waals surface area (Å²) in [5, 5.41) is 2.68. The summed E-state index contributed by atoms with van der Waals surface area (Å²) in [5.41, 5.74) is 8.29. The molecule has 0 spiro atoms. The maximum atomic E-state index is 12.3. The number of nitrogens with two attached hydrogens (primary N) is 1. The van der Waals surface area contributed by atoms with Crippen LogP contribution in [0, 0.1) is 0 Å². The molecule has 0 aliphatic heterocycles. The molecular formula is C21H23N3O3. The number of carbonyl (C=O) groups is 3. The molecule has 0 saturated carbocycles. The first kappa shape index (κ1) is 19.9. The molecule has 0 fully saturated rings. The van der Waals surface area contributed by atoms with E-state index >= 15 is 0 Å². The number of carbonyl (C=O) groups excluding carboxylic acids is 3. The monoisotopic (exact) mass is 365 g/mol. The van der Waals surface area contributed by atoms with Crippen molar-refractivity contribution in [2.75, 3.05) is 12.4 Å². The van der Waals surface area contributed by atoms with Crippen molar-refractivity contribution < 1.29 is 14.4 Å². The predicted molar refractivity (Wildman–Crippen MR) is 105 cm³/mol. The Morgan fingerprint density at radius 3 is 2.19 bits per heavy atom. The Hall–Kier alpha value is -3.41. The van der Waals surface area contributed by atoms with Gasteiger partial charge in [-0.1, -0.05) is 30.8 Å². The van der Waals surface area contributed by atoms with Gasteiger partial charge >= 0.3 is 0 Å². The molecule has 140 valence electrons. The van der Waals surface area contributed by atoms with Crippen molar-refractivity contribution in [1.29, 1.82) is 0 Å². The van der Waals surface area contributed by atoms with E-state index in [1.54, 1.807) is 48.3 Å². The van der Waals surface area contributed by atoms with Crippen molar-refractivity contribution in [2.24, 2.45) is 5.73 Å². The van der Waals surface area contributed by atoms with Crippen LogP contribution < -0.4 is 11.1 Å². The summed E-state index contributed by atoms with van der Waals surface area (Å²) < 4.78 is 0. The summed E-state index contributed by atoms with van der Waals surface area (Å²) >= 11 is 0. The minimum Gasteiger partial charge on any atom is -0.366 e. The lowest BCUT2D eigenvalue weighted by molar-refractivity contribution is -0.130. The molecule has 2 aromatic rings. The third-order valence-electron chi connectivity index (χ3n) is 4.12. The quantitative estimate of drug-likeness (QED) is 0.704. The molecular weight excluding hydrogens is 342 g/mol. The van der Waals surface area contributed by atoms with Crippen LogP contribution in [0.3, 0.4) is 0 Å². The average molecular weight is 365 g/mol. The molecule has 0 saturated heterocycles. The first-order valence-electron chi connectivity index (χ1n) is 8.54. The molecule has 0 unspecified atom stereocenters. The Balaban J connectivity index is 1.84. The number of rotatable bonds is 8. The second-order valence-corrected chi connectivity index (χ2v) is 6.20. The fourth-order valence-electron chi connectivity index (χ4n) is 2.53. The predicted octanol–water partition coefficient (Wildman–Crippen LogP) is 2.50. The Morgan fingerprint density at radius 2 is 1.63 bits per heavy atom. The molecule has 0 bridgehead atoms. The van der Waals surface area contributed by atoms with Gasteiger partial charge in [0, 0.05) is 31.3 Å². The van der Waals surface area contributed by atoms with E-state index in [9.17, 15) is 14.4 Å². The van der Waals surface area contributed by atoms with Crippen molar-refractivity contribution >= 4 is 23.4 Å². The highest BCUT2D eigenvalue weighted by Gasteiger charge is 2.10. The number of benzene rings is 2. The highest BCUT2D eigenvalue weighted by atomic mass is 16.2. The number of amides is 3. The highest BCUT2D eigenvalue weighted by molar-refractivity contribution is 5.98. The van der Waals surface area contributed by atoms with Gasteiger partial charge in [-0.25, -0.2) is 0 Å². The smallest absolute Gasteiger partial charge is 0.248 e. The van der Waals surface area contributed by atoms with Gasteiger partial charge in [0.05, 0.1) is 0 Å². The van der Waals surface area contributed by atoms with Crippen LogP contribution in [0.25, 0.3) is 0 Å². The summed E-state index contributed by atoms with van der Waals surface area (Å²) in [5.74, 6) is -0.706. The van der Waals surface area contributed by atoms with E-state index in [1.807, 2.05) is 12.1 Å². The fourth-order valence-corrected chi connectivity index (χ4v) is 2.53. The molecule has 3 N–H and O–H groups in total. The molecule has 2 aromatic carbocycles. The lowest BCUT2D eigenvalue weighted by atomic mass is 10.1. The summed E-state index contributed by atoms with van der Waals surface area (Å²) in [6.07, 6.45) is 2.21. The fraction of sp³-hybridized carbons (Fsp3) is 0.190. The second-order valence-electron chi connectivity index (χ2n) is 6.20. The van der Waals surface area contributed by atoms with E-state index in [0.29, 0.717) is 30.6 Å². The number of anilines is 1. The standard InChI is InChI=1S/C21H23N3O3/c1-3-19(25)23-18-11-6-15(7-12-18)8-13-20(26)24(2)14-16-4-9-17(10-5-16)21(22)27/h3-7,9-12H,1,8,13-14H2,2H3,(H2,22,27)(H,23,25). The van der Waals surface area contributed by atoms with Crippen LogP contribution in [0.15, 0.2) is 61.2 Å². The maximum Gasteiger partial charge on any atom is 0.248 e. The van der Waals surface area contributed by atoms with Crippen molar-refractivity contribution in [3.8, 4) is 0 Å². The lowest BCUT2D eigenvalue weighted by Gasteiger charge is -2.17. The second kappa shape index (κ2) is 9.33. The van der Waals surface area contributed by atoms with E-state index in [2.05, 4.69) is 11.9 Å². The summed E-state index contributed by atoms with van der Waals surface area (Å²) in [6.45, 7) is 3.87. The molecule has 0 aliphatic rings. The van der Waals surface area contributed by atoms with Gasteiger partial charge in [-0.2, -0.15) is 0 Å². The van der Waals surface area contributed by atoms with E-state index in [0.717, 1.165) is 11.1 Å². The van der Waals surface area contributed by atoms with Crippen LogP contribution >= 0.6 is 0 Å². The number of hydrogen-bond acceptors (Lipinski definition) is 3. The summed E-state index contributed by atoms with van der Waals surface area (Å²) in [4.78, 5) is 36.3. The van der Waals surface area contributed by atoms with E-state index in [-0.39, 0.29) is 11.8 Å². The van der Waals surface area contributed by atoms with Gasteiger partial charge in [0.25, 0.3) is 0 Å². The van der Waals surface area contributed by atoms with Crippen LogP contribution in [-0.4, -0.2) is 29.7 Å². The molecule has 0 aliphatic carbocycles. The molecule has 27 heavy (non-hydrogen) atoms. The van der Waals surface area contributed by atoms with Crippen molar-refractivity contribution in [1.82, 2.24) is 4.90 Å². The normalized spacial score (nSPS) is 10.1. The van der Waals surface area contributed by atoms with E-state index in [1.165, 1.54) is 6.08 Å². The van der Waals surface area contributed by atoms with Crippen LogP contribution in [0.5, 0.6) is 0 Å². The van der Waals surface area contributed by atoms with Gasteiger partial charge in [-0.3, -0.25) is 14.4 Å². The van der Waals surface area contributed by atoms with Gasteiger partial charge in [0.15, 0.2) is 0 Å². The van der Waals surface area contributed by atoms with Gasteiger partial charge in [0.2, 0.25) is 17.7 Å². The molecule has 0 radical (unpaired) electrons. The van der Waals surface area contributed by atoms with Gasteiger partial charge < -0.3 is 16.0 Å². The molecule has 6 heteroatoms. The first-order valence-corrected chi connectivity index (χ1v) is 8.54. The number of nitrogens with one attached hydrogen (secondary N) is 1. The molecule has 3 amide bonds. The highest BCUT2D eigenvalue weighted by Crippen LogP contribution is 2.13. The molecule has 0 heterocycles. The van der Waals surface area contributed by atoms with Crippen LogP contribution in [0.1, 0.15) is 27.9 Å². The van der Waals surface area contributed by atoms with E-state index in [4.69, 9.17) is 5.73 Å². The number of aryl methyl sites for hydroxylation is 1. The van der Waals surface area contributed by atoms with Crippen molar-refractivity contribution in [3.63, 3.8) is 0 Å². The van der Waals surface area contributed by atoms with Crippen molar-refractivity contribution in [3.05, 3.63) is 77.9 Å². The molecule has 6 nitrogen and oxygen atoms in total. The van der Waals surface area contributed by atoms with Gasteiger partial charge in [-0.05, 0) is 47.9 Å². The minimum absolute atomic E-state index is 0.0259. The third kappa shape index (κ3) is 6.11. The van der Waals surface area contributed by atoms with Gasteiger partial charge in [-0.15, -0.1) is 0 Å². The largest absolute Gasteiger partial charge is 0.366 e. The summed E-state index contributed by atoms with van der Waals surface area (Å²) in [7, 11) is 1.75. The maximum absolute atomic E-state index is 12.3. The Kier molecular flexibility index (Phi) is 6.88. The van der Waals surface area contributed by atoms with Crippen LogP contribution in [0.4, 0.5) is 5.69 Å². The lowest BCUT2D eigenvalue weighted by Crippen LogP contribution is -2.26. The van der Waals surface area contributed by atoms with Crippen LogP contribution in [-0.2, 0) is 22.6 Å². The SMILES string of the molecule is C=CC(=O)Nc1ccc(CCC(=O)N(C)Cc2ccc(C(N)=O)cc2)cc1. The molecule has 0 aromatic heterocycles. The zero-order valence-corrected chi connectivity index (χ0v) is 15.3. The minimum atomic E-state index is -0.471. The Labute approximate surface area is 158 Å². The van der Waals surface area contributed by atoms with Crippen molar-refractivity contribution in [2.45, 2.75) is 19.4 Å². The zero-order chi connectivity index (χ0) is 19.8. The Morgan fingerprint density at radius 1 is 1.04 bits per heavy atom. The van der Waals surface area contributed by atoms with Crippen LogP contribution in [0.2, 0.25) is 0 Å². The van der Waals surface area contributed by atoms with Gasteiger partial charge in [0.1, 0.15) is 0 Å². The number of nitrogens with zero attached hydrogens (tertiary/aromatic N) is 1. The Bertz CT molecular complexity index is 827. The molecule has 0 atom stereocenters. The molecule has 2 rings (SSSR count). The number of primary amides is 1. The van der Waals surface area contributed by atoms with E-state index < -0.39 is 5.91 Å². The topological polar surface area (TPSA) is 92.5 Å². The third-order valence-corrected chi connectivity index (χ3v) is 4.12. The summed E-state index contributed by atoms with van der Waals surface area (Å²) in [6, 6.07) is 14.3. The average Bonchev–Trinajstić information content (AvgIpc) is 2.67. The first-order chi connectivity index (χ1) is 12.9. The zero-order valence-electron chi connectivity index (χ0n) is 15.3. The number of hydrogen-bond donors (Lipinski definition) is 2.